The molecular weight excluding hydrogens is 436 g/mol. The summed E-state index contributed by atoms with van der Waals surface area (Å²) < 4.78 is 10.5. The van der Waals surface area contributed by atoms with Gasteiger partial charge in [0.1, 0.15) is 35.3 Å². The van der Waals surface area contributed by atoms with E-state index in [1.807, 2.05) is 48.5 Å². The van der Waals surface area contributed by atoms with Crippen molar-refractivity contribution in [3.63, 3.8) is 0 Å². The molecule has 0 bridgehead atoms. The van der Waals surface area contributed by atoms with E-state index < -0.39 is 0 Å². The Hall–Kier alpha value is -3.98. The number of oxime groups is 1. The Bertz CT molecular complexity index is 1160. The summed E-state index contributed by atoms with van der Waals surface area (Å²) in [5.74, 6) is 1.62. The maximum atomic E-state index is 12.7. The third-order valence-electron chi connectivity index (χ3n) is 5.26. The Morgan fingerprint density at radius 3 is 2.56 bits per heavy atom. The number of amides is 1. The molecule has 9 heteroatoms. The summed E-state index contributed by atoms with van der Waals surface area (Å²) in [5.41, 5.74) is 3.38. The fourth-order valence-electron chi connectivity index (χ4n) is 3.50. The van der Waals surface area contributed by atoms with Crippen LogP contribution in [-0.2, 0) is 11.4 Å². The van der Waals surface area contributed by atoms with Gasteiger partial charge in [0.2, 0.25) is 0 Å². The van der Waals surface area contributed by atoms with E-state index >= 15 is 0 Å². The van der Waals surface area contributed by atoms with Crippen molar-refractivity contribution >= 4 is 11.6 Å². The number of aliphatic hydroxyl groups is 1. The second kappa shape index (κ2) is 10.8. The molecule has 0 aliphatic carbocycles. The van der Waals surface area contributed by atoms with E-state index in [4.69, 9.17) is 19.4 Å². The van der Waals surface area contributed by atoms with Gasteiger partial charge >= 0.3 is 0 Å². The van der Waals surface area contributed by atoms with Crippen LogP contribution < -0.4 is 14.8 Å². The highest BCUT2D eigenvalue weighted by Crippen LogP contribution is 2.30. The summed E-state index contributed by atoms with van der Waals surface area (Å²) in [5, 5.41) is 16.0. The summed E-state index contributed by atoms with van der Waals surface area (Å²) in [4.78, 5) is 27.1. The summed E-state index contributed by atoms with van der Waals surface area (Å²) >= 11 is 0. The van der Waals surface area contributed by atoms with Gasteiger partial charge in [0.05, 0.1) is 19.4 Å². The predicted octanol–water partition coefficient (Wildman–Crippen LogP) is 2.96. The van der Waals surface area contributed by atoms with Crippen LogP contribution in [0.4, 0.5) is 0 Å². The molecule has 0 radical (unpaired) electrons. The number of hydrogen-bond donors (Lipinski definition) is 2. The van der Waals surface area contributed by atoms with Crippen molar-refractivity contribution in [2.75, 3.05) is 20.3 Å². The number of aryl methyl sites for hydroxylation is 1. The van der Waals surface area contributed by atoms with Gasteiger partial charge in [-0.15, -0.1) is 0 Å². The molecule has 2 aromatic carbocycles. The lowest BCUT2D eigenvalue weighted by molar-refractivity contribution is 0.0856. The highest BCUT2D eigenvalue weighted by Gasteiger charge is 2.26. The third-order valence-corrected chi connectivity index (χ3v) is 5.26. The molecule has 0 fully saturated rings. The molecule has 0 saturated heterocycles. The van der Waals surface area contributed by atoms with Crippen LogP contribution in [0.15, 0.2) is 59.8 Å². The molecule has 1 amide bonds. The van der Waals surface area contributed by atoms with Crippen molar-refractivity contribution in [3.8, 4) is 11.5 Å². The molecule has 4 rings (SSSR count). The van der Waals surface area contributed by atoms with E-state index in [1.165, 1.54) is 0 Å². The van der Waals surface area contributed by atoms with Crippen molar-refractivity contribution < 1.29 is 24.2 Å². The van der Waals surface area contributed by atoms with Gasteiger partial charge < -0.3 is 24.7 Å². The van der Waals surface area contributed by atoms with Gasteiger partial charge in [0, 0.05) is 13.0 Å². The molecule has 1 aromatic heterocycles. The first-order valence-corrected chi connectivity index (χ1v) is 10.9. The molecule has 2 N–H and O–H groups in total. The first-order valence-electron chi connectivity index (χ1n) is 10.9. The van der Waals surface area contributed by atoms with E-state index in [2.05, 4.69) is 20.4 Å². The predicted molar refractivity (Wildman–Crippen MR) is 125 cm³/mol. The second-order valence-corrected chi connectivity index (χ2v) is 7.69. The fraction of sp³-hybridized carbons (Fsp3) is 0.280. The zero-order valence-electron chi connectivity index (χ0n) is 19.0. The number of carbonyl (C=O) groups is 1. The summed E-state index contributed by atoms with van der Waals surface area (Å²) in [6.45, 7) is 2.31. The number of carbonyl (C=O) groups excluding carboxylic acids is 1. The molecule has 0 spiro atoms. The average Bonchev–Trinajstić information content (AvgIpc) is 3.37. The first-order chi connectivity index (χ1) is 16.6. The van der Waals surface area contributed by atoms with Gasteiger partial charge in [0.25, 0.3) is 5.91 Å². The van der Waals surface area contributed by atoms with Gasteiger partial charge in [-0.3, -0.25) is 4.79 Å². The van der Waals surface area contributed by atoms with Gasteiger partial charge in [-0.1, -0.05) is 29.4 Å². The number of ether oxygens (including phenoxy) is 2. The van der Waals surface area contributed by atoms with E-state index in [-0.39, 0.29) is 30.9 Å². The number of nitrogens with zero attached hydrogens (tertiary/aromatic N) is 3. The molecule has 3 aromatic rings. The average molecular weight is 463 g/mol. The molecule has 2 heterocycles. The number of rotatable bonds is 9. The SMILES string of the molecule is COc1ccc(CNC(=O)c2cc(C3=NO[C@@H](c4ccc(OCCO)cc4)C3)nc(C)n2)cc1. The standard InChI is InChI=1S/C25H26N4O5/c1-16-27-21(13-23(28-16)25(31)26-15-17-3-7-19(32-2)8-4-17)22-14-24(34-29-22)18-5-9-20(10-6-18)33-12-11-30/h3-10,13,24,30H,11-12,14-15H2,1-2H3,(H,26,31)/t24-/m1/s1. The van der Waals surface area contributed by atoms with Gasteiger partial charge in [0.15, 0.2) is 6.10 Å². The van der Waals surface area contributed by atoms with Crippen LogP contribution in [0.1, 0.15) is 45.7 Å². The molecule has 0 unspecified atom stereocenters. The van der Waals surface area contributed by atoms with E-state index in [0.29, 0.717) is 35.9 Å². The van der Waals surface area contributed by atoms with Crippen LogP contribution in [0, 0.1) is 6.92 Å². The molecule has 0 saturated carbocycles. The smallest absolute Gasteiger partial charge is 0.270 e. The number of nitrogens with one attached hydrogen (secondary N) is 1. The number of benzene rings is 2. The summed E-state index contributed by atoms with van der Waals surface area (Å²) in [7, 11) is 1.61. The Kier molecular flexibility index (Phi) is 7.34. The van der Waals surface area contributed by atoms with Crippen molar-refractivity contribution in [1.82, 2.24) is 15.3 Å². The normalized spacial score (nSPS) is 14.8. The van der Waals surface area contributed by atoms with E-state index in [9.17, 15) is 4.79 Å². The van der Waals surface area contributed by atoms with Crippen LogP contribution >= 0.6 is 0 Å². The largest absolute Gasteiger partial charge is 0.497 e. The summed E-state index contributed by atoms with van der Waals surface area (Å²) in [6, 6.07) is 16.6. The third kappa shape index (κ3) is 5.68. The van der Waals surface area contributed by atoms with Gasteiger partial charge in [-0.2, -0.15) is 0 Å². The second-order valence-electron chi connectivity index (χ2n) is 7.69. The van der Waals surface area contributed by atoms with Crippen molar-refractivity contribution in [3.05, 3.63) is 82.9 Å². The van der Waals surface area contributed by atoms with Crippen LogP contribution in [-0.4, -0.2) is 47.0 Å². The summed E-state index contributed by atoms with van der Waals surface area (Å²) in [6.07, 6.45) is 0.254. The molecule has 1 aliphatic heterocycles. The molecule has 34 heavy (non-hydrogen) atoms. The minimum absolute atomic E-state index is 0.0372. The van der Waals surface area contributed by atoms with Crippen molar-refractivity contribution in [2.45, 2.75) is 26.0 Å². The van der Waals surface area contributed by atoms with Crippen LogP contribution in [0.3, 0.4) is 0 Å². The quantitative estimate of drug-likeness (QED) is 0.502. The van der Waals surface area contributed by atoms with Crippen LogP contribution in [0.2, 0.25) is 0 Å². The Balaban J connectivity index is 1.40. The van der Waals surface area contributed by atoms with Crippen molar-refractivity contribution in [2.24, 2.45) is 5.16 Å². The number of methoxy groups -OCH3 is 1. The molecule has 1 atom stereocenters. The topological polar surface area (TPSA) is 115 Å². The van der Waals surface area contributed by atoms with Crippen LogP contribution in [0.25, 0.3) is 0 Å². The van der Waals surface area contributed by atoms with Gasteiger partial charge in [-0.25, -0.2) is 9.97 Å². The molecule has 176 valence electrons. The highest BCUT2D eigenvalue weighted by molar-refractivity contribution is 6.02. The van der Waals surface area contributed by atoms with Gasteiger partial charge in [-0.05, 0) is 48.4 Å². The molecular formula is C25H26N4O5. The maximum Gasteiger partial charge on any atom is 0.270 e. The Morgan fingerprint density at radius 1 is 1.12 bits per heavy atom. The van der Waals surface area contributed by atoms with E-state index in [1.54, 1.807) is 20.1 Å². The minimum atomic E-state index is -0.294. The lowest BCUT2D eigenvalue weighted by Gasteiger charge is -2.10. The minimum Gasteiger partial charge on any atom is -0.497 e. The monoisotopic (exact) mass is 462 g/mol. The number of aliphatic hydroxyl groups excluding tert-OH is 1. The zero-order chi connectivity index (χ0) is 23.9. The number of hydrogen-bond acceptors (Lipinski definition) is 8. The van der Waals surface area contributed by atoms with E-state index in [0.717, 1.165) is 16.9 Å². The molecule has 9 nitrogen and oxygen atoms in total. The lowest BCUT2D eigenvalue weighted by Crippen LogP contribution is -2.25. The highest BCUT2D eigenvalue weighted by atomic mass is 16.6. The number of aromatic nitrogens is 2. The Morgan fingerprint density at radius 2 is 1.85 bits per heavy atom. The lowest BCUT2D eigenvalue weighted by atomic mass is 10.0. The first kappa shape index (κ1) is 23.2. The molecule has 1 aliphatic rings. The Labute approximate surface area is 197 Å². The zero-order valence-corrected chi connectivity index (χ0v) is 19.0. The fourth-order valence-corrected chi connectivity index (χ4v) is 3.50. The maximum absolute atomic E-state index is 12.7. The van der Waals surface area contributed by atoms with Crippen molar-refractivity contribution in [1.29, 1.82) is 0 Å². The van der Waals surface area contributed by atoms with Crippen LogP contribution in [0.5, 0.6) is 11.5 Å².